The summed E-state index contributed by atoms with van der Waals surface area (Å²) in [5.41, 5.74) is 1.10. The third-order valence-corrected chi connectivity index (χ3v) is 3.26. The molecule has 0 unspecified atom stereocenters. The number of hydrogen-bond donors (Lipinski definition) is 0. The maximum atomic E-state index is 11.9. The zero-order valence-electron chi connectivity index (χ0n) is 12.0. The van der Waals surface area contributed by atoms with Crippen molar-refractivity contribution >= 4 is 18.0 Å². The lowest BCUT2D eigenvalue weighted by atomic mass is 10.2. The zero-order valence-corrected chi connectivity index (χ0v) is 12.0. The molecular weight excluding hydrogens is 302 g/mol. The Morgan fingerprint density at radius 1 is 1.26 bits per heavy atom. The molecule has 1 aliphatic rings. The Bertz CT molecular complexity index is 724. The highest BCUT2D eigenvalue weighted by Crippen LogP contribution is 2.10. The predicted octanol–water partition coefficient (Wildman–Crippen LogP) is 1.01. The van der Waals surface area contributed by atoms with E-state index in [4.69, 9.17) is 4.74 Å². The average molecular weight is 315 g/mol. The van der Waals surface area contributed by atoms with Crippen LogP contribution in [0.25, 0.3) is 5.69 Å². The second-order valence-electron chi connectivity index (χ2n) is 4.73. The molecule has 118 valence electrons. The molecule has 23 heavy (non-hydrogen) atoms. The van der Waals surface area contributed by atoms with E-state index in [1.807, 2.05) is 0 Å². The molecule has 0 saturated carbocycles. The van der Waals surface area contributed by atoms with Crippen LogP contribution >= 0.6 is 0 Å². The number of amides is 2. The molecule has 2 heterocycles. The first kappa shape index (κ1) is 14.8. The Kier molecular flexibility index (Phi) is 4.05. The summed E-state index contributed by atoms with van der Waals surface area (Å²) in [5.74, 6) is -1.24. The zero-order chi connectivity index (χ0) is 16.2. The Morgan fingerprint density at radius 3 is 2.65 bits per heavy atom. The average Bonchev–Trinajstić information content (AvgIpc) is 3.24. The number of hydrogen-bond acceptors (Lipinski definition) is 6. The second kappa shape index (κ2) is 6.30. The third kappa shape index (κ3) is 3.20. The number of aromatic nitrogens is 2. The van der Waals surface area contributed by atoms with Crippen molar-refractivity contribution in [2.75, 3.05) is 19.8 Å². The highest BCUT2D eigenvalue weighted by Gasteiger charge is 2.29. The normalized spacial score (nSPS) is 13.7. The predicted molar refractivity (Wildman–Crippen MR) is 76.9 cm³/mol. The van der Waals surface area contributed by atoms with Crippen molar-refractivity contribution in [3.63, 3.8) is 0 Å². The first-order chi connectivity index (χ1) is 11.1. The highest BCUT2D eigenvalue weighted by atomic mass is 16.6. The summed E-state index contributed by atoms with van der Waals surface area (Å²) in [6.07, 6.45) is 2.72. The van der Waals surface area contributed by atoms with Crippen LogP contribution in [0.2, 0.25) is 0 Å². The van der Waals surface area contributed by atoms with Gasteiger partial charge in [0.2, 0.25) is 0 Å². The smallest absolute Gasteiger partial charge is 0.416 e. The van der Waals surface area contributed by atoms with Crippen LogP contribution in [0.5, 0.6) is 0 Å². The molecular formula is C15H13N3O5. The lowest BCUT2D eigenvalue weighted by Gasteiger charge is -2.11. The number of carbonyl (C=O) groups excluding carboxylic acids is 3. The van der Waals surface area contributed by atoms with Crippen LogP contribution in [0.3, 0.4) is 0 Å². The van der Waals surface area contributed by atoms with Crippen LogP contribution in [0.4, 0.5) is 4.79 Å². The molecule has 1 aromatic carbocycles. The monoisotopic (exact) mass is 315 g/mol. The minimum Gasteiger partial charge on any atom is -0.452 e. The SMILES string of the molecule is O=C(OCC(=O)N1CCOC1=O)c1ccc(-n2cccn2)cc1. The van der Waals surface area contributed by atoms with E-state index in [-0.39, 0.29) is 13.2 Å². The van der Waals surface area contributed by atoms with Crippen molar-refractivity contribution in [3.05, 3.63) is 48.3 Å². The Labute approximate surface area is 131 Å². The number of carbonyl (C=O) groups is 3. The van der Waals surface area contributed by atoms with Gasteiger partial charge in [-0.05, 0) is 30.3 Å². The molecule has 1 aromatic heterocycles. The van der Waals surface area contributed by atoms with Gasteiger partial charge in [-0.25, -0.2) is 19.2 Å². The van der Waals surface area contributed by atoms with Crippen molar-refractivity contribution in [1.82, 2.24) is 14.7 Å². The minimum atomic E-state index is -0.713. The van der Waals surface area contributed by atoms with E-state index in [1.165, 1.54) is 0 Å². The molecule has 0 radical (unpaired) electrons. The molecule has 8 nitrogen and oxygen atoms in total. The number of nitrogens with zero attached hydrogens (tertiary/aromatic N) is 3. The molecule has 2 amide bonds. The van der Waals surface area contributed by atoms with Gasteiger partial charge in [-0.3, -0.25) is 4.79 Å². The molecule has 2 aromatic rings. The fourth-order valence-corrected chi connectivity index (χ4v) is 2.08. The Balaban J connectivity index is 1.58. The summed E-state index contributed by atoms with van der Waals surface area (Å²) in [5, 5.41) is 4.08. The van der Waals surface area contributed by atoms with Gasteiger partial charge in [0, 0.05) is 12.4 Å². The highest BCUT2D eigenvalue weighted by molar-refractivity contribution is 5.96. The van der Waals surface area contributed by atoms with Crippen molar-refractivity contribution in [2.24, 2.45) is 0 Å². The molecule has 1 aliphatic heterocycles. The van der Waals surface area contributed by atoms with Crippen LogP contribution in [-0.2, 0) is 14.3 Å². The third-order valence-electron chi connectivity index (χ3n) is 3.26. The molecule has 0 bridgehead atoms. The molecule has 0 N–H and O–H groups in total. The van der Waals surface area contributed by atoms with Crippen molar-refractivity contribution < 1.29 is 23.9 Å². The standard InChI is InChI=1S/C15H13N3O5/c19-13(17-8-9-22-15(17)21)10-23-14(20)11-2-4-12(5-3-11)18-7-1-6-16-18/h1-7H,8-10H2. The maximum absolute atomic E-state index is 11.9. The number of rotatable bonds is 4. The van der Waals surface area contributed by atoms with E-state index >= 15 is 0 Å². The largest absolute Gasteiger partial charge is 0.452 e. The van der Waals surface area contributed by atoms with Crippen LogP contribution in [0, 0.1) is 0 Å². The molecule has 3 rings (SSSR count). The quantitative estimate of drug-likeness (QED) is 0.782. The summed E-state index contributed by atoms with van der Waals surface area (Å²) in [4.78, 5) is 35.8. The molecule has 8 heteroatoms. The van der Waals surface area contributed by atoms with Crippen LogP contribution < -0.4 is 0 Å². The van der Waals surface area contributed by atoms with Gasteiger partial charge in [0.1, 0.15) is 6.61 Å². The fourth-order valence-electron chi connectivity index (χ4n) is 2.08. The van der Waals surface area contributed by atoms with E-state index in [2.05, 4.69) is 9.84 Å². The summed E-state index contributed by atoms with van der Waals surface area (Å²) >= 11 is 0. The summed E-state index contributed by atoms with van der Waals surface area (Å²) in [7, 11) is 0. The molecule has 0 spiro atoms. The topological polar surface area (TPSA) is 90.7 Å². The van der Waals surface area contributed by atoms with Gasteiger partial charge in [-0.2, -0.15) is 5.10 Å². The first-order valence-electron chi connectivity index (χ1n) is 6.89. The molecule has 1 saturated heterocycles. The first-order valence-corrected chi connectivity index (χ1v) is 6.89. The molecule has 0 atom stereocenters. The van der Waals surface area contributed by atoms with E-state index < -0.39 is 24.6 Å². The van der Waals surface area contributed by atoms with Crippen LogP contribution in [-0.4, -0.2) is 52.4 Å². The van der Waals surface area contributed by atoms with E-state index in [1.54, 1.807) is 47.4 Å². The summed E-state index contributed by atoms with van der Waals surface area (Å²) in [6.45, 7) is -0.171. The summed E-state index contributed by atoms with van der Waals surface area (Å²) in [6, 6.07) is 8.37. The van der Waals surface area contributed by atoms with Gasteiger partial charge in [-0.1, -0.05) is 0 Å². The minimum absolute atomic E-state index is 0.160. The number of imide groups is 1. The molecule has 0 aliphatic carbocycles. The maximum Gasteiger partial charge on any atom is 0.416 e. The van der Waals surface area contributed by atoms with Crippen molar-refractivity contribution in [3.8, 4) is 5.69 Å². The van der Waals surface area contributed by atoms with Gasteiger partial charge in [0.15, 0.2) is 6.61 Å². The van der Waals surface area contributed by atoms with Gasteiger partial charge >= 0.3 is 12.1 Å². The van der Waals surface area contributed by atoms with Gasteiger partial charge in [-0.15, -0.1) is 0 Å². The Hall–Kier alpha value is -3.16. The van der Waals surface area contributed by atoms with Gasteiger partial charge < -0.3 is 9.47 Å². The number of ether oxygens (including phenoxy) is 2. The van der Waals surface area contributed by atoms with Crippen molar-refractivity contribution in [1.29, 1.82) is 0 Å². The van der Waals surface area contributed by atoms with Crippen LogP contribution in [0.15, 0.2) is 42.7 Å². The summed E-state index contributed by atoms with van der Waals surface area (Å²) < 4.78 is 11.2. The Morgan fingerprint density at radius 2 is 2.04 bits per heavy atom. The van der Waals surface area contributed by atoms with E-state index in [9.17, 15) is 14.4 Å². The number of esters is 1. The van der Waals surface area contributed by atoms with Gasteiger partial charge in [0.05, 0.1) is 17.8 Å². The lowest BCUT2D eigenvalue weighted by Crippen LogP contribution is -2.35. The second-order valence-corrected chi connectivity index (χ2v) is 4.73. The van der Waals surface area contributed by atoms with Gasteiger partial charge in [0.25, 0.3) is 5.91 Å². The number of benzene rings is 1. The van der Waals surface area contributed by atoms with Crippen LogP contribution in [0.1, 0.15) is 10.4 Å². The van der Waals surface area contributed by atoms with E-state index in [0.29, 0.717) is 5.56 Å². The molecule has 1 fully saturated rings. The van der Waals surface area contributed by atoms with E-state index in [0.717, 1.165) is 10.6 Å². The fraction of sp³-hybridized carbons (Fsp3) is 0.200. The van der Waals surface area contributed by atoms with Crippen molar-refractivity contribution in [2.45, 2.75) is 0 Å². The number of cyclic esters (lactones) is 1. The lowest BCUT2D eigenvalue weighted by molar-refractivity contribution is -0.131.